The lowest BCUT2D eigenvalue weighted by Gasteiger charge is -2.20. The highest BCUT2D eigenvalue weighted by molar-refractivity contribution is 6.30. The monoisotopic (exact) mass is 488 g/mol. The Hall–Kier alpha value is -3.27. The second kappa shape index (κ2) is 10.8. The molecule has 0 unspecified atom stereocenters. The highest BCUT2D eigenvalue weighted by Gasteiger charge is 2.16. The number of benzene rings is 3. The molecular formula is C29H26Cl2N2O. The Balaban J connectivity index is 0.00000274. The molecule has 5 rings (SSSR count). The molecule has 0 radical (unpaired) electrons. The average Bonchev–Trinajstić information content (AvgIpc) is 3.33. The summed E-state index contributed by atoms with van der Waals surface area (Å²) in [6.45, 7) is 1.63. The van der Waals surface area contributed by atoms with E-state index in [1.165, 1.54) is 22.4 Å². The van der Waals surface area contributed by atoms with Crippen LogP contribution in [0.15, 0.2) is 101 Å². The van der Waals surface area contributed by atoms with Crippen LogP contribution >= 0.6 is 24.0 Å². The fourth-order valence-electron chi connectivity index (χ4n) is 4.18. The Morgan fingerprint density at radius 1 is 0.971 bits per heavy atom. The Bertz CT molecular complexity index is 1310. The van der Waals surface area contributed by atoms with E-state index in [1.54, 1.807) is 6.26 Å². The van der Waals surface area contributed by atoms with Crippen molar-refractivity contribution in [2.24, 2.45) is 4.99 Å². The van der Waals surface area contributed by atoms with E-state index in [2.05, 4.69) is 78.7 Å². The van der Waals surface area contributed by atoms with E-state index < -0.39 is 0 Å². The minimum Gasteiger partial charge on any atom is -0.464 e. The third kappa shape index (κ3) is 5.27. The van der Waals surface area contributed by atoms with E-state index in [-0.39, 0.29) is 12.4 Å². The predicted octanol–water partition coefficient (Wildman–Crippen LogP) is 7.56. The summed E-state index contributed by atoms with van der Waals surface area (Å²) in [5.41, 5.74) is 8.09. The summed E-state index contributed by atoms with van der Waals surface area (Å²) in [4.78, 5) is 7.16. The molecule has 1 aliphatic heterocycles. The first-order valence-corrected chi connectivity index (χ1v) is 11.5. The van der Waals surface area contributed by atoms with Crippen LogP contribution in [-0.4, -0.2) is 25.8 Å². The quantitative estimate of drug-likeness (QED) is 0.289. The van der Waals surface area contributed by atoms with Gasteiger partial charge in [0, 0.05) is 35.4 Å². The highest BCUT2D eigenvalue weighted by atomic mass is 35.5. The largest absolute Gasteiger partial charge is 0.464 e. The lowest BCUT2D eigenvalue weighted by molar-refractivity contribution is 0.582. The average molecular weight is 489 g/mol. The van der Waals surface area contributed by atoms with E-state index in [1.807, 2.05) is 24.3 Å². The molecule has 0 saturated carbocycles. The normalized spacial score (nSPS) is 13.2. The Kier molecular flexibility index (Phi) is 7.56. The number of benzodiazepines with no additional fused rings is 1. The van der Waals surface area contributed by atoms with Crippen LogP contribution in [0.5, 0.6) is 0 Å². The maximum Gasteiger partial charge on any atom is 0.133 e. The van der Waals surface area contributed by atoms with Crippen LogP contribution in [0.2, 0.25) is 5.02 Å². The molecule has 34 heavy (non-hydrogen) atoms. The van der Waals surface area contributed by atoms with E-state index in [0.29, 0.717) is 0 Å². The van der Waals surface area contributed by atoms with Crippen molar-refractivity contribution in [1.82, 2.24) is 0 Å². The zero-order chi connectivity index (χ0) is 22.6. The molecule has 0 aliphatic carbocycles. The van der Waals surface area contributed by atoms with E-state index in [4.69, 9.17) is 21.0 Å². The van der Waals surface area contributed by atoms with E-state index in [0.717, 1.165) is 47.1 Å². The van der Waals surface area contributed by atoms with Crippen molar-refractivity contribution in [1.29, 1.82) is 0 Å². The first-order valence-electron chi connectivity index (χ1n) is 11.1. The summed E-state index contributed by atoms with van der Waals surface area (Å²) in [5.74, 6) is 0.876. The summed E-state index contributed by atoms with van der Waals surface area (Å²) in [7, 11) is 2.12. The fourth-order valence-corrected chi connectivity index (χ4v) is 4.30. The standard InChI is InChI=1S/C29H25ClN2O.ClH/c1-32-17-16-31-27(26-14-10-24(20-28(26)32)29-7-4-18-33-29)15-11-22-5-2-3-6-23(22)19-21-8-12-25(30)13-9-21;/h2-15,18,20H,16-17,19H2,1H3;1H/b15-11+;. The summed E-state index contributed by atoms with van der Waals surface area (Å²) in [6.07, 6.45) is 6.89. The van der Waals surface area contributed by atoms with Crippen LogP contribution < -0.4 is 4.90 Å². The van der Waals surface area contributed by atoms with Crippen molar-refractivity contribution in [2.45, 2.75) is 6.42 Å². The third-order valence-corrected chi connectivity index (χ3v) is 6.24. The summed E-state index contributed by atoms with van der Waals surface area (Å²) < 4.78 is 5.61. The van der Waals surface area contributed by atoms with Gasteiger partial charge in [-0.25, -0.2) is 0 Å². The molecule has 4 aromatic rings. The van der Waals surface area contributed by atoms with Crippen LogP contribution in [0.3, 0.4) is 0 Å². The van der Waals surface area contributed by atoms with E-state index >= 15 is 0 Å². The molecule has 0 fully saturated rings. The van der Waals surface area contributed by atoms with Crippen LogP contribution in [0.4, 0.5) is 5.69 Å². The molecule has 0 N–H and O–H groups in total. The highest BCUT2D eigenvalue weighted by Crippen LogP contribution is 2.30. The first kappa shape index (κ1) is 23.9. The van der Waals surface area contributed by atoms with Gasteiger partial charge in [-0.1, -0.05) is 66.2 Å². The van der Waals surface area contributed by atoms with Crippen LogP contribution in [-0.2, 0) is 6.42 Å². The molecule has 0 atom stereocenters. The van der Waals surface area contributed by atoms with Gasteiger partial charge >= 0.3 is 0 Å². The maximum atomic E-state index is 6.05. The summed E-state index contributed by atoms with van der Waals surface area (Å²) in [5, 5.41) is 0.761. The van der Waals surface area contributed by atoms with Gasteiger partial charge in [0.25, 0.3) is 0 Å². The lowest BCUT2D eigenvalue weighted by Crippen LogP contribution is -2.20. The minimum atomic E-state index is 0. The molecule has 2 heterocycles. The van der Waals surface area contributed by atoms with Crippen molar-refractivity contribution in [3.05, 3.63) is 118 Å². The number of hydrogen-bond donors (Lipinski definition) is 0. The SMILES string of the molecule is CN1CCN=C(/C=C/c2ccccc2Cc2ccc(Cl)cc2)c2ccc(-c3ccco3)cc21.Cl. The number of fused-ring (bicyclic) bond motifs is 1. The van der Waals surface area contributed by atoms with Gasteiger partial charge in [-0.15, -0.1) is 12.4 Å². The number of likely N-dealkylation sites (N-methyl/N-ethyl adjacent to an activating group) is 1. The molecule has 0 spiro atoms. The maximum absolute atomic E-state index is 6.05. The Morgan fingerprint density at radius 2 is 1.79 bits per heavy atom. The van der Waals surface area contributed by atoms with E-state index in [9.17, 15) is 0 Å². The number of furan rings is 1. The van der Waals surface area contributed by atoms with Crippen LogP contribution in [0, 0.1) is 0 Å². The summed E-state index contributed by atoms with van der Waals surface area (Å²) >= 11 is 6.05. The fraction of sp³-hybridized carbons (Fsp3) is 0.138. The number of nitrogens with zero attached hydrogens (tertiary/aromatic N) is 2. The molecule has 3 nitrogen and oxygen atoms in total. The molecule has 172 valence electrons. The van der Waals surface area contributed by atoms with Gasteiger partial charge in [0.1, 0.15) is 5.76 Å². The smallest absolute Gasteiger partial charge is 0.133 e. The Labute approximate surface area is 211 Å². The second-order valence-corrected chi connectivity index (χ2v) is 8.67. The number of anilines is 1. The van der Waals surface area contributed by atoms with Crippen molar-refractivity contribution in [3.63, 3.8) is 0 Å². The molecule has 1 aromatic heterocycles. The number of allylic oxidation sites excluding steroid dienone is 1. The number of rotatable bonds is 5. The van der Waals surface area contributed by atoms with Gasteiger partial charge in [-0.3, -0.25) is 4.99 Å². The van der Waals surface area contributed by atoms with Crippen LogP contribution in [0.25, 0.3) is 17.4 Å². The molecule has 1 aliphatic rings. The zero-order valence-electron chi connectivity index (χ0n) is 18.9. The molecule has 0 saturated heterocycles. The Morgan fingerprint density at radius 3 is 2.59 bits per heavy atom. The molecule has 5 heteroatoms. The lowest BCUT2D eigenvalue weighted by atomic mass is 9.98. The van der Waals surface area contributed by atoms with Crippen molar-refractivity contribution < 1.29 is 4.42 Å². The molecule has 0 bridgehead atoms. The van der Waals surface area contributed by atoms with Gasteiger partial charge < -0.3 is 9.32 Å². The second-order valence-electron chi connectivity index (χ2n) is 8.23. The molecular weight excluding hydrogens is 463 g/mol. The van der Waals surface area contributed by atoms with Gasteiger partial charge in [0.2, 0.25) is 0 Å². The zero-order valence-corrected chi connectivity index (χ0v) is 20.5. The number of aliphatic imine (C=N–C) groups is 1. The van der Waals surface area contributed by atoms with Crippen molar-refractivity contribution in [2.75, 3.05) is 25.0 Å². The van der Waals surface area contributed by atoms with Crippen molar-refractivity contribution >= 4 is 41.5 Å². The van der Waals surface area contributed by atoms with Crippen LogP contribution in [0.1, 0.15) is 22.3 Å². The third-order valence-electron chi connectivity index (χ3n) is 5.99. The van der Waals surface area contributed by atoms with Gasteiger partial charge in [0.15, 0.2) is 0 Å². The minimum absolute atomic E-state index is 0. The molecule has 0 amide bonds. The van der Waals surface area contributed by atoms with Gasteiger partial charge in [-0.05, 0) is 59.5 Å². The molecule has 3 aromatic carbocycles. The van der Waals surface area contributed by atoms with Gasteiger partial charge in [-0.2, -0.15) is 0 Å². The van der Waals surface area contributed by atoms with Crippen molar-refractivity contribution in [3.8, 4) is 11.3 Å². The first-order chi connectivity index (χ1) is 16.2. The number of hydrogen-bond acceptors (Lipinski definition) is 3. The van der Waals surface area contributed by atoms with Gasteiger partial charge in [0.05, 0.1) is 18.5 Å². The summed E-state index contributed by atoms with van der Waals surface area (Å²) in [6, 6.07) is 26.9. The number of halogens is 2. The topological polar surface area (TPSA) is 28.7 Å². The predicted molar refractivity (Wildman–Crippen MR) is 146 cm³/mol.